The molecule has 0 aliphatic carbocycles. The van der Waals surface area contributed by atoms with Gasteiger partial charge >= 0.3 is 0 Å². The summed E-state index contributed by atoms with van der Waals surface area (Å²) >= 11 is 3.18. The first kappa shape index (κ1) is 19.3. The summed E-state index contributed by atoms with van der Waals surface area (Å²) in [7, 11) is 0. The molecule has 3 aromatic rings. The van der Waals surface area contributed by atoms with Crippen molar-refractivity contribution in [2.45, 2.75) is 19.4 Å². The zero-order valence-corrected chi connectivity index (χ0v) is 17.3. The Morgan fingerprint density at radius 1 is 1.14 bits per heavy atom. The number of carbonyl (C=O) groups excluding carboxylic acids is 2. The van der Waals surface area contributed by atoms with Crippen LogP contribution in [0.1, 0.15) is 23.0 Å². The highest BCUT2D eigenvalue weighted by molar-refractivity contribution is 9.10. The van der Waals surface area contributed by atoms with Gasteiger partial charge in [-0.1, -0.05) is 30.3 Å². The predicted molar refractivity (Wildman–Crippen MR) is 113 cm³/mol. The van der Waals surface area contributed by atoms with Gasteiger partial charge in [-0.3, -0.25) is 9.59 Å². The summed E-state index contributed by atoms with van der Waals surface area (Å²) in [6.45, 7) is 2.28. The van der Waals surface area contributed by atoms with Crippen molar-refractivity contribution in [3.63, 3.8) is 0 Å². The smallest absolute Gasteiger partial charge is 0.291 e. The highest BCUT2D eigenvalue weighted by atomic mass is 79.9. The number of benzene rings is 2. The summed E-state index contributed by atoms with van der Waals surface area (Å²) < 4.78 is 11.5. The molecule has 2 amide bonds. The maximum Gasteiger partial charge on any atom is 0.291 e. The zero-order chi connectivity index (χ0) is 20.4. The van der Waals surface area contributed by atoms with Crippen LogP contribution in [0.15, 0.2) is 69.8 Å². The molecule has 0 saturated carbocycles. The minimum absolute atomic E-state index is 0.0781. The van der Waals surface area contributed by atoms with Gasteiger partial charge in [0.1, 0.15) is 5.75 Å². The number of halogens is 1. The van der Waals surface area contributed by atoms with Gasteiger partial charge < -0.3 is 19.4 Å². The van der Waals surface area contributed by atoms with Crippen molar-refractivity contribution in [1.29, 1.82) is 0 Å². The number of furan rings is 1. The Balaban J connectivity index is 1.53. The second-order valence-corrected chi connectivity index (χ2v) is 7.51. The fourth-order valence-corrected chi connectivity index (χ4v) is 3.54. The summed E-state index contributed by atoms with van der Waals surface area (Å²) in [6, 6.07) is 18.5. The molecule has 0 spiro atoms. The van der Waals surface area contributed by atoms with E-state index in [4.69, 9.17) is 9.15 Å². The fraction of sp³-hybridized carbons (Fsp3) is 0.182. The lowest BCUT2D eigenvalue weighted by Gasteiger charge is -2.33. The van der Waals surface area contributed by atoms with Crippen molar-refractivity contribution in [3.05, 3.63) is 76.7 Å². The lowest BCUT2D eigenvalue weighted by molar-refractivity contribution is -0.125. The molecule has 1 atom stereocenters. The monoisotopic (exact) mass is 454 g/mol. The maximum atomic E-state index is 12.7. The number of amides is 2. The van der Waals surface area contributed by atoms with Crippen LogP contribution in [0.3, 0.4) is 0 Å². The van der Waals surface area contributed by atoms with Crippen molar-refractivity contribution in [2.75, 3.05) is 16.8 Å². The van der Waals surface area contributed by atoms with E-state index in [1.54, 1.807) is 42.2 Å². The molecular weight excluding hydrogens is 436 g/mol. The summed E-state index contributed by atoms with van der Waals surface area (Å²) in [5.74, 6) is 0.314. The number of anilines is 2. The van der Waals surface area contributed by atoms with Crippen LogP contribution in [-0.4, -0.2) is 24.5 Å². The molecule has 1 aromatic heterocycles. The van der Waals surface area contributed by atoms with Gasteiger partial charge in [0.05, 0.1) is 5.69 Å². The van der Waals surface area contributed by atoms with Gasteiger partial charge in [0.2, 0.25) is 0 Å². The normalized spacial score (nSPS) is 15.6. The lowest BCUT2D eigenvalue weighted by atomic mass is 10.1. The molecule has 0 fully saturated rings. The minimum atomic E-state index is -0.592. The van der Waals surface area contributed by atoms with Gasteiger partial charge in [0, 0.05) is 18.3 Å². The molecule has 148 valence electrons. The predicted octanol–water partition coefficient (Wildman–Crippen LogP) is 4.65. The van der Waals surface area contributed by atoms with Crippen LogP contribution >= 0.6 is 15.9 Å². The van der Waals surface area contributed by atoms with Crippen molar-refractivity contribution in [1.82, 2.24) is 0 Å². The standard InChI is InChI=1S/C22H19BrN2O4/c1-14-22(27)25(12-11-15-5-3-2-4-6-15)17-8-7-16(13-19(17)28-14)24-21(26)18-9-10-20(23)29-18/h2-10,13-14H,11-12H2,1H3,(H,24,26). The number of hydrogen-bond donors (Lipinski definition) is 1. The number of hydrogen-bond acceptors (Lipinski definition) is 4. The Hall–Kier alpha value is -3.06. The molecule has 2 aromatic carbocycles. The second kappa shape index (κ2) is 8.13. The molecule has 1 N–H and O–H groups in total. The number of nitrogens with one attached hydrogen (secondary N) is 1. The molecule has 1 aliphatic rings. The molecule has 1 unspecified atom stereocenters. The van der Waals surface area contributed by atoms with Crippen LogP contribution in [-0.2, 0) is 11.2 Å². The van der Waals surface area contributed by atoms with E-state index in [2.05, 4.69) is 21.2 Å². The van der Waals surface area contributed by atoms with E-state index < -0.39 is 6.10 Å². The van der Waals surface area contributed by atoms with Crippen LogP contribution in [0.2, 0.25) is 0 Å². The van der Waals surface area contributed by atoms with E-state index in [1.807, 2.05) is 30.3 Å². The van der Waals surface area contributed by atoms with Gasteiger partial charge in [-0.15, -0.1) is 0 Å². The van der Waals surface area contributed by atoms with Crippen molar-refractivity contribution < 1.29 is 18.7 Å². The average Bonchev–Trinajstić information content (AvgIpc) is 3.16. The number of nitrogens with zero attached hydrogens (tertiary/aromatic N) is 1. The van der Waals surface area contributed by atoms with E-state index in [9.17, 15) is 9.59 Å². The number of rotatable bonds is 5. The first-order valence-corrected chi connectivity index (χ1v) is 10.0. The molecular formula is C22H19BrN2O4. The molecule has 0 saturated heterocycles. The van der Waals surface area contributed by atoms with Gasteiger partial charge in [0.15, 0.2) is 16.5 Å². The third-order valence-corrected chi connectivity index (χ3v) is 5.12. The Morgan fingerprint density at radius 3 is 2.66 bits per heavy atom. The van der Waals surface area contributed by atoms with E-state index in [-0.39, 0.29) is 17.6 Å². The van der Waals surface area contributed by atoms with Crippen LogP contribution in [0, 0.1) is 0 Å². The van der Waals surface area contributed by atoms with Gasteiger partial charge in [-0.25, -0.2) is 0 Å². The van der Waals surface area contributed by atoms with E-state index >= 15 is 0 Å². The Morgan fingerprint density at radius 2 is 1.93 bits per heavy atom. The van der Waals surface area contributed by atoms with Crippen LogP contribution in [0.5, 0.6) is 5.75 Å². The minimum Gasteiger partial charge on any atom is -0.479 e. The molecule has 2 heterocycles. The van der Waals surface area contributed by atoms with Crippen molar-refractivity contribution in [3.8, 4) is 5.75 Å². The zero-order valence-electron chi connectivity index (χ0n) is 15.7. The third-order valence-electron chi connectivity index (χ3n) is 4.69. The van der Waals surface area contributed by atoms with Crippen LogP contribution in [0.25, 0.3) is 0 Å². The molecule has 29 heavy (non-hydrogen) atoms. The van der Waals surface area contributed by atoms with Crippen molar-refractivity contribution in [2.24, 2.45) is 0 Å². The average molecular weight is 455 g/mol. The number of ether oxygens (including phenoxy) is 1. The lowest BCUT2D eigenvalue weighted by Crippen LogP contribution is -2.45. The third kappa shape index (κ3) is 4.19. The van der Waals surface area contributed by atoms with E-state index in [0.29, 0.717) is 28.3 Å². The first-order valence-electron chi connectivity index (χ1n) is 9.24. The summed E-state index contributed by atoms with van der Waals surface area (Å²) in [6.07, 6.45) is 0.148. The van der Waals surface area contributed by atoms with Gasteiger partial charge in [0.25, 0.3) is 11.8 Å². The molecule has 4 rings (SSSR count). The van der Waals surface area contributed by atoms with Crippen LogP contribution in [0.4, 0.5) is 11.4 Å². The highest BCUT2D eigenvalue weighted by Crippen LogP contribution is 2.36. The quantitative estimate of drug-likeness (QED) is 0.608. The summed E-state index contributed by atoms with van der Waals surface area (Å²) in [4.78, 5) is 26.7. The largest absolute Gasteiger partial charge is 0.479 e. The van der Waals surface area contributed by atoms with Crippen molar-refractivity contribution >= 4 is 39.1 Å². The number of fused-ring (bicyclic) bond motifs is 1. The summed E-state index contributed by atoms with van der Waals surface area (Å²) in [5.41, 5.74) is 2.42. The van der Waals surface area contributed by atoms with E-state index in [1.165, 1.54) is 0 Å². The van der Waals surface area contributed by atoms with Crippen LogP contribution < -0.4 is 15.0 Å². The molecule has 7 heteroatoms. The topological polar surface area (TPSA) is 71.8 Å². The van der Waals surface area contributed by atoms with E-state index in [0.717, 1.165) is 12.0 Å². The Bertz CT molecular complexity index is 1050. The summed E-state index contributed by atoms with van der Waals surface area (Å²) in [5, 5.41) is 2.78. The molecule has 6 nitrogen and oxygen atoms in total. The van der Waals surface area contributed by atoms with Gasteiger partial charge in [-0.2, -0.15) is 0 Å². The molecule has 0 radical (unpaired) electrons. The SMILES string of the molecule is CC1Oc2cc(NC(=O)c3ccc(Br)o3)ccc2N(CCc2ccccc2)C1=O. The Kier molecular flexibility index (Phi) is 5.40. The number of carbonyl (C=O) groups is 2. The first-order chi connectivity index (χ1) is 14.0. The maximum absolute atomic E-state index is 12.7. The molecule has 1 aliphatic heterocycles. The van der Waals surface area contributed by atoms with Gasteiger partial charge in [-0.05, 0) is 59.1 Å². The second-order valence-electron chi connectivity index (χ2n) is 6.73. The fourth-order valence-electron chi connectivity index (χ4n) is 3.23. The highest BCUT2D eigenvalue weighted by Gasteiger charge is 2.31. The molecule has 0 bridgehead atoms. The Labute approximate surface area is 176 Å².